The number of amides is 1. The monoisotopic (exact) mass is 229 g/mol. The highest BCUT2D eigenvalue weighted by Gasteiger charge is 2.02. The number of benzene rings is 1. The van der Waals surface area contributed by atoms with Crippen LogP contribution in [0.5, 0.6) is 0 Å². The summed E-state index contributed by atoms with van der Waals surface area (Å²) in [7, 11) is 0. The van der Waals surface area contributed by atoms with Crippen molar-refractivity contribution in [3.63, 3.8) is 0 Å². The number of aryl methyl sites for hydroxylation is 1. The first-order valence-corrected chi connectivity index (χ1v) is 5.63. The van der Waals surface area contributed by atoms with E-state index in [1.165, 1.54) is 5.56 Å². The molecule has 0 spiro atoms. The van der Waals surface area contributed by atoms with Crippen LogP contribution in [0.1, 0.15) is 17.8 Å². The van der Waals surface area contributed by atoms with Crippen LogP contribution in [0.25, 0.3) is 0 Å². The fourth-order valence-corrected chi connectivity index (χ4v) is 1.57. The lowest BCUT2D eigenvalue weighted by Crippen LogP contribution is -2.23. The van der Waals surface area contributed by atoms with Gasteiger partial charge in [0.25, 0.3) is 0 Å². The third-order valence-electron chi connectivity index (χ3n) is 2.49. The Hall–Kier alpha value is -2.10. The summed E-state index contributed by atoms with van der Waals surface area (Å²) in [5.41, 5.74) is 1.18. The maximum atomic E-state index is 11.6. The van der Waals surface area contributed by atoms with Gasteiger partial charge in [0, 0.05) is 18.8 Å². The molecule has 1 amide bonds. The largest absolute Gasteiger partial charge is 0.349 e. The molecule has 0 aliphatic carbocycles. The second-order valence-electron chi connectivity index (χ2n) is 3.80. The van der Waals surface area contributed by atoms with Crippen LogP contribution in [0.15, 0.2) is 42.7 Å². The summed E-state index contributed by atoms with van der Waals surface area (Å²) >= 11 is 0. The fraction of sp³-hybridized carbons (Fsp3) is 0.231. The number of H-pyrrole nitrogens is 1. The molecular weight excluding hydrogens is 214 g/mol. The molecule has 2 N–H and O–H groups in total. The SMILES string of the molecule is O=C(CCc1ccccc1)NCc1ncc[nH]1. The summed E-state index contributed by atoms with van der Waals surface area (Å²) in [5.74, 6) is 0.823. The van der Waals surface area contributed by atoms with Gasteiger partial charge in [-0.05, 0) is 12.0 Å². The van der Waals surface area contributed by atoms with Gasteiger partial charge in [-0.15, -0.1) is 0 Å². The number of aromatic amines is 1. The number of imidazole rings is 1. The Balaban J connectivity index is 1.71. The smallest absolute Gasteiger partial charge is 0.220 e. The summed E-state index contributed by atoms with van der Waals surface area (Å²) in [5, 5.41) is 2.82. The zero-order valence-corrected chi connectivity index (χ0v) is 9.52. The molecule has 0 aliphatic heterocycles. The first-order valence-electron chi connectivity index (χ1n) is 5.63. The number of hydrogen-bond acceptors (Lipinski definition) is 2. The van der Waals surface area contributed by atoms with Crippen LogP contribution >= 0.6 is 0 Å². The average Bonchev–Trinajstić information content (AvgIpc) is 2.88. The molecule has 17 heavy (non-hydrogen) atoms. The van der Waals surface area contributed by atoms with Crippen LogP contribution < -0.4 is 5.32 Å². The maximum Gasteiger partial charge on any atom is 0.220 e. The number of carbonyl (C=O) groups excluding carboxylic acids is 1. The second-order valence-corrected chi connectivity index (χ2v) is 3.80. The van der Waals surface area contributed by atoms with E-state index in [2.05, 4.69) is 15.3 Å². The summed E-state index contributed by atoms with van der Waals surface area (Å²) in [6.45, 7) is 0.459. The molecule has 1 aromatic carbocycles. The molecule has 0 fully saturated rings. The van der Waals surface area contributed by atoms with Crippen molar-refractivity contribution in [1.82, 2.24) is 15.3 Å². The van der Waals surface area contributed by atoms with Crippen molar-refractivity contribution in [3.8, 4) is 0 Å². The van der Waals surface area contributed by atoms with Crippen molar-refractivity contribution in [1.29, 1.82) is 0 Å². The maximum absolute atomic E-state index is 11.6. The number of aromatic nitrogens is 2. The van der Waals surface area contributed by atoms with Crippen LogP contribution in [0, 0.1) is 0 Å². The molecule has 0 aliphatic rings. The predicted molar refractivity (Wildman–Crippen MR) is 65.2 cm³/mol. The van der Waals surface area contributed by atoms with Gasteiger partial charge in [0.2, 0.25) is 5.91 Å². The molecule has 0 bridgehead atoms. The number of nitrogens with zero attached hydrogens (tertiary/aromatic N) is 1. The van der Waals surface area contributed by atoms with Gasteiger partial charge in [0.1, 0.15) is 5.82 Å². The minimum atomic E-state index is 0.0465. The third kappa shape index (κ3) is 3.75. The van der Waals surface area contributed by atoms with E-state index in [0.717, 1.165) is 12.2 Å². The molecule has 1 heterocycles. The Labute approximate surface area is 100 Å². The van der Waals surface area contributed by atoms with E-state index < -0.39 is 0 Å². The molecule has 88 valence electrons. The van der Waals surface area contributed by atoms with E-state index in [1.807, 2.05) is 30.3 Å². The molecule has 2 rings (SSSR count). The quantitative estimate of drug-likeness (QED) is 0.819. The van der Waals surface area contributed by atoms with Gasteiger partial charge in [0.05, 0.1) is 6.54 Å². The van der Waals surface area contributed by atoms with Gasteiger partial charge in [0.15, 0.2) is 0 Å². The lowest BCUT2D eigenvalue weighted by molar-refractivity contribution is -0.121. The molecule has 0 unspecified atom stereocenters. The van der Waals surface area contributed by atoms with Crippen molar-refractivity contribution in [2.75, 3.05) is 0 Å². The molecule has 2 aromatic rings. The van der Waals surface area contributed by atoms with Crippen LogP contribution in [-0.2, 0) is 17.8 Å². The van der Waals surface area contributed by atoms with E-state index in [-0.39, 0.29) is 5.91 Å². The van der Waals surface area contributed by atoms with Gasteiger partial charge in [-0.25, -0.2) is 4.98 Å². The van der Waals surface area contributed by atoms with Crippen molar-refractivity contribution >= 4 is 5.91 Å². The van der Waals surface area contributed by atoms with Crippen LogP contribution in [0.4, 0.5) is 0 Å². The average molecular weight is 229 g/mol. The van der Waals surface area contributed by atoms with E-state index in [9.17, 15) is 4.79 Å². The zero-order chi connectivity index (χ0) is 11.9. The Morgan fingerprint density at radius 3 is 2.82 bits per heavy atom. The third-order valence-corrected chi connectivity index (χ3v) is 2.49. The minimum Gasteiger partial charge on any atom is -0.349 e. The Morgan fingerprint density at radius 2 is 2.12 bits per heavy atom. The second kappa shape index (κ2) is 5.84. The lowest BCUT2D eigenvalue weighted by Gasteiger charge is -2.03. The van der Waals surface area contributed by atoms with Crippen molar-refractivity contribution < 1.29 is 4.79 Å². The molecule has 4 heteroatoms. The lowest BCUT2D eigenvalue weighted by atomic mass is 10.1. The number of rotatable bonds is 5. The first kappa shape index (κ1) is 11.4. The molecule has 0 atom stereocenters. The molecule has 0 saturated heterocycles. The summed E-state index contributed by atoms with van der Waals surface area (Å²) in [6.07, 6.45) is 4.69. The molecular formula is C13H15N3O. The van der Waals surface area contributed by atoms with Crippen molar-refractivity contribution in [2.24, 2.45) is 0 Å². The molecule has 1 aromatic heterocycles. The van der Waals surface area contributed by atoms with Crippen LogP contribution in [-0.4, -0.2) is 15.9 Å². The first-order chi connectivity index (χ1) is 8.34. The van der Waals surface area contributed by atoms with Gasteiger partial charge in [-0.1, -0.05) is 30.3 Å². The minimum absolute atomic E-state index is 0.0465. The van der Waals surface area contributed by atoms with Crippen LogP contribution in [0.2, 0.25) is 0 Å². The Bertz CT molecular complexity index is 451. The van der Waals surface area contributed by atoms with Gasteiger partial charge in [-0.2, -0.15) is 0 Å². The predicted octanol–water partition coefficient (Wildman–Crippen LogP) is 1.66. The fourth-order valence-electron chi connectivity index (χ4n) is 1.57. The zero-order valence-electron chi connectivity index (χ0n) is 9.52. The molecule has 0 radical (unpaired) electrons. The van der Waals surface area contributed by atoms with Gasteiger partial charge >= 0.3 is 0 Å². The molecule has 4 nitrogen and oxygen atoms in total. The Morgan fingerprint density at radius 1 is 1.29 bits per heavy atom. The highest BCUT2D eigenvalue weighted by Crippen LogP contribution is 2.02. The standard InChI is InChI=1S/C13H15N3O/c17-13(16-10-12-14-8-9-15-12)7-6-11-4-2-1-3-5-11/h1-5,8-9H,6-7,10H2,(H,14,15)(H,16,17). The topological polar surface area (TPSA) is 57.8 Å². The van der Waals surface area contributed by atoms with Crippen molar-refractivity contribution in [2.45, 2.75) is 19.4 Å². The van der Waals surface area contributed by atoms with Crippen molar-refractivity contribution in [3.05, 3.63) is 54.1 Å². The van der Waals surface area contributed by atoms with E-state index >= 15 is 0 Å². The normalized spacial score (nSPS) is 10.1. The molecule has 0 saturated carbocycles. The number of nitrogens with one attached hydrogen (secondary N) is 2. The number of carbonyl (C=O) groups is 1. The summed E-state index contributed by atoms with van der Waals surface area (Å²) < 4.78 is 0. The number of hydrogen-bond donors (Lipinski definition) is 2. The van der Waals surface area contributed by atoms with Gasteiger partial charge < -0.3 is 10.3 Å². The summed E-state index contributed by atoms with van der Waals surface area (Å²) in [4.78, 5) is 18.5. The Kier molecular flexibility index (Phi) is 3.91. The highest BCUT2D eigenvalue weighted by molar-refractivity contribution is 5.76. The van der Waals surface area contributed by atoms with Gasteiger partial charge in [-0.3, -0.25) is 4.79 Å². The summed E-state index contributed by atoms with van der Waals surface area (Å²) in [6, 6.07) is 9.99. The van der Waals surface area contributed by atoms with E-state index in [0.29, 0.717) is 13.0 Å². The van der Waals surface area contributed by atoms with Crippen LogP contribution in [0.3, 0.4) is 0 Å². The van der Waals surface area contributed by atoms with E-state index in [1.54, 1.807) is 12.4 Å². The highest BCUT2D eigenvalue weighted by atomic mass is 16.1. The van der Waals surface area contributed by atoms with E-state index in [4.69, 9.17) is 0 Å².